The first-order valence-electron chi connectivity index (χ1n) is 22.3. The van der Waals surface area contributed by atoms with Crippen molar-refractivity contribution in [3.05, 3.63) is 158 Å². The Labute approximate surface area is 367 Å². The van der Waals surface area contributed by atoms with Gasteiger partial charge in [0.25, 0.3) is 0 Å². The maximum Gasteiger partial charge on any atom is 0.227 e. The summed E-state index contributed by atoms with van der Waals surface area (Å²) in [5.41, 5.74) is 9.25. The van der Waals surface area contributed by atoms with E-state index in [-0.39, 0.29) is 12.1 Å². The van der Waals surface area contributed by atoms with E-state index >= 15 is 0 Å². The standard InChI is InChI=1S/C26H25N3O2.C20H24N2O.C7H5NO/c1-2-16-15-29-12-10-17(16)14-23(29)25(30)19-9-11-27-21-8-7-18(13-20(19)21)26-28-22-5-3-4-6-24(22)31-26;1-3-14-12-22-9-7-15(14)11-19(22)20(23)16-6-8-21-18-5-4-13(2)10-17(16)18;1-2-4-7-6(3-1)8-5-9-7/h2-9,11,13,16-17,23,25,30H,1,10,12,14-15H2;3-6,8,10,14-15,19-20,23H,1,7,9,11-12H2,2H3;1-5H/t16?,17?,23?,25-;14?,15?,19?,20-;/m11./s1. The highest BCUT2D eigenvalue weighted by atomic mass is 16.3. The molecular weight excluding hydrogens is 785 g/mol. The summed E-state index contributed by atoms with van der Waals surface area (Å²) in [6.45, 7) is 14.3. The number of nitrogens with zero attached hydrogens (tertiary/aromatic N) is 6. The molecule has 10 heterocycles. The summed E-state index contributed by atoms with van der Waals surface area (Å²) in [6, 6.07) is 32.0. The first-order chi connectivity index (χ1) is 30.8. The topological polar surface area (TPSA) is 125 Å². The largest absolute Gasteiger partial charge is 0.443 e. The second kappa shape index (κ2) is 17.6. The van der Waals surface area contributed by atoms with Gasteiger partial charge in [-0.15, -0.1) is 13.2 Å². The van der Waals surface area contributed by atoms with E-state index < -0.39 is 12.2 Å². The zero-order valence-corrected chi connectivity index (χ0v) is 35.7. The molecule has 10 nitrogen and oxygen atoms in total. The lowest BCUT2D eigenvalue weighted by molar-refractivity contribution is -0.0445. The molecule has 14 rings (SSSR count). The number of hydrogen-bond acceptors (Lipinski definition) is 10. The molecule has 4 aromatic heterocycles. The van der Waals surface area contributed by atoms with Crippen molar-refractivity contribution >= 4 is 44.0 Å². The van der Waals surface area contributed by atoms with Crippen molar-refractivity contribution in [2.45, 2.75) is 56.9 Å². The van der Waals surface area contributed by atoms with Crippen LogP contribution in [0.1, 0.15) is 54.6 Å². The molecule has 0 saturated carbocycles. The van der Waals surface area contributed by atoms with Gasteiger partial charge in [-0.05, 0) is 147 Å². The van der Waals surface area contributed by atoms with Gasteiger partial charge in [0, 0.05) is 53.9 Å². The number of aliphatic hydroxyl groups is 2. The van der Waals surface area contributed by atoms with Crippen LogP contribution in [0.2, 0.25) is 0 Å². The van der Waals surface area contributed by atoms with E-state index in [1.807, 2.05) is 85.1 Å². The molecule has 0 radical (unpaired) electrons. The Balaban J connectivity index is 0.000000128. The molecule has 6 fully saturated rings. The number of para-hydroxylation sites is 4. The molecule has 8 unspecified atom stereocenters. The predicted molar refractivity (Wildman–Crippen MR) is 249 cm³/mol. The van der Waals surface area contributed by atoms with Crippen molar-refractivity contribution in [1.29, 1.82) is 0 Å². The average Bonchev–Trinajstić information content (AvgIpc) is 4.02. The Morgan fingerprint density at radius 1 is 0.651 bits per heavy atom. The zero-order valence-electron chi connectivity index (χ0n) is 35.7. The average molecular weight is 839 g/mol. The molecule has 10 heteroatoms. The number of hydrogen-bond donors (Lipinski definition) is 2. The summed E-state index contributed by atoms with van der Waals surface area (Å²) in [5.74, 6) is 3.00. The lowest BCUT2D eigenvalue weighted by atomic mass is 9.73. The molecule has 0 amide bonds. The SMILES string of the molecule is C=CC1CN2CCC1CC2[C@H](O)c1ccnc2ccc(-c3nc4ccccc4o3)cc12.C=CC1CN2CCC1CC2[C@H](O)c1ccnc2ccc(C)cc12.c1ccc2ocnc2c1. The third kappa shape index (κ3) is 8.09. The normalized spacial score (nSPS) is 25.8. The molecule has 10 atom stereocenters. The van der Waals surface area contributed by atoms with Crippen LogP contribution >= 0.6 is 0 Å². The molecule has 63 heavy (non-hydrogen) atoms. The van der Waals surface area contributed by atoms with Crippen LogP contribution in [0.3, 0.4) is 0 Å². The van der Waals surface area contributed by atoms with Crippen molar-refractivity contribution in [3.8, 4) is 11.5 Å². The number of rotatable bonds is 7. The van der Waals surface area contributed by atoms with E-state index in [9.17, 15) is 10.2 Å². The Hall–Kier alpha value is -6.04. The van der Waals surface area contributed by atoms with Gasteiger partial charge in [-0.3, -0.25) is 19.8 Å². The quantitative estimate of drug-likeness (QED) is 0.150. The molecule has 2 N–H and O–H groups in total. The summed E-state index contributed by atoms with van der Waals surface area (Å²) in [6.07, 6.45) is 12.7. The van der Waals surface area contributed by atoms with E-state index in [0.29, 0.717) is 29.6 Å². The second-order valence-corrected chi connectivity index (χ2v) is 17.7. The molecule has 4 bridgehead atoms. The molecule has 6 aliphatic rings. The molecule has 8 aromatic rings. The van der Waals surface area contributed by atoms with Crippen molar-refractivity contribution in [1.82, 2.24) is 29.7 Å². The Morgan fingerprint density at radius 3 is 1.79 bits per heavy atom. The first-order valence-corrected chi connectivity index (χ1v) is 22.3. The van der Waals surface area contributed by atoms with Gasteiger partial charge in [0.15, 0.2) is 17.6 Å². The minimum Gasteiger partial charge on any atom is -0.443 e. The lowest BCUT2D eigenvalue weighted by Gasteiger charge is -2.50. The van der Waals surface area contributed by atoms with E-state index in [2.05, 4.69) is 80.2 Å². The summed E-state index contributed by atoms with van der Waals surface area (Å²) in [5, 5.41) is 24.6. The summed E-state index contributed by atoms with van der Waals surface area (Å²) >= 11 is 0. The van der Waals surface area contributed by atoms with Gasteiger partial charge in [0.05, 0.1) is 23.2 Å². The minimum absolute atomic E-state index is 0.133. The molecule has 6 saturated heterocycles. The molecule has 320 valence electrons. The smallest absolute Gasteiger partial charge is 0.227 e. The van der Waals surface area contributed by atoms with Crippen molar-refractivity contribution in [3.63, 3.8) is 0 Å². The third-order valence-electron chi connectivity index (χ3n) is 14.2. The fourth-order valence-electron chi connectivity index (χ4n) is 10.7. The number of benzene rings is 4. The minimum atomic E-state index is -0.557. The number of fused-ring (bicyclic) bond motifs is 10. The van der Waals surface area contributed by atoms with Crippen molar-refractivity contribution < 1.29 is 19.0 Å². The first kappa shape index (κ1) is 41.0. The highest BCUT2D eigenvalue weighted by Crippen LogP contribution is 2.44. The molecule has 0 aliphatic carbocycles. The Morgan fingerprint density at radius 2 is 1.22 bits per heavy atom. The molecular formula is C53H54N6O4. The van der Waals surface area contributed by atoms with E-state index in [1.54, 1.807) is 6.20 Å². The monoisotopic (exact) mass is 838 g/mol. The fraction of sp³-hybridized carbons (Fsp3) is 0.321. The van der Waals surface area contributed by atoms with Crippen LogP contribution in [0.5, 0.6) is 0 Å². The summed E-state index contributed by atoms with van der Waals surface area (Å²) in [7, 11) is 0. The fourth-order valence-corrected chi connectivity index (χ4v) is 10.7. The van der Waals surface area contributed by atoms with Crippen molar-refractivity contribution in [2.75, 3.05) is 26.2 Å². The highest BCUT2D eigenvalue weighted by Gasteiger charge is 2.43. The van der Waals surface area contributed by atoms with E-state index in [1.165, 1.54) is 24.8 Å². The maximum atomic E-state index is 11.5. The molecule has 4 aromatic carbocycles. The number of pyridine rings is 2. The van der Waals surface area contributed by atoms with Crippen LogP contribution in [-0.4, -0.2) is 78.2 Å². The van der Waals surface area contributed by atoms with E-state index in [4.69, 9.17) is 8.83 Å². The van der Waals surface area contributed by atoms with E-state index in [0.717, 1.165) is 99.7 Å². The summed E-state index contributed by atoms with van der Waals surface area (Å²) < 4.78 is 11.0. The van der Waals surface area contributed by atoms with Gasteiger partial charge < -0.3 is 19.0 Å². The van der Waals surface area contributed by atoms with Gasteiger partial charge >= 0.3 is 0 Å². The number of aliphatic hydroxyl groups excluding tert-OH is 2. The van der Waals surface area contributed by atoms with Crippen LogP contribution in [-0.2, 0) is 0 Å². The Bertz CT molecular complexity index is 2840. The van der Waals surface area contributed by atoms with Gasteiger partial charge in [-0.2, -0.15) is 0 Å². The number of aryl methyl sites for hydroxylation is 1. The molecule has 0 spiro atoms. The highest BCUT2D eigenvalue weighted by molar-refractivity contribution is 5.87. The number of piperidine rings is 6. The van der Waals surface area contributed by atoms with Crippen molar-refractivity contribution in [2.24, 2.45) is 23.7 Å². The van der Waals surface area contributed by atoms with Gasteiger partial charge in [-0.25, -0.2) is 9.97 Å². The van der Waals surface area contributed by atoms with Gasteiger partial charge in [-0.1, -0.05) is 48.0 Å². The van der Waals surface area contributed by atoms with Crippen LogP contribution < -0.4 is 0 Å². The number of aromatic nitrogens is 4. The summed E-state index contributed by atoms with van der Waals surface area (Å²) in [4.78, 5) is 22.5. The van der Waals surface area contributed by atoms with Gasteiger partial charge in [0.2, 0.25) is 5.89 Å². The maximum absolute atomic E-state index is 11.5. The number of oxazole rings is 2. The predicted octanol–water partition coefficient (Wildman–Crippen LogP) is 10.3. The van der Waals surface area contributed by atoms with Gasteiger partial charge in [0.1, 0.15) is 11.0 Å². The van der Waals surface area contributed by atoms with Crippen LogP contribution in [0.15, 0.2) is 150 Å². The Kier molecular flexibility index (Phi) is 11.5. The third-order valence-corrected chi connectivity index (χ3v) is 14.2. The second-order valence-electron chi connectivity index (χ2n) is 17.7. The molecule has 6 aliphatic heterocycles. The van der Waals surface area contributed by atoms with Crippen LogP contribution in [0.25, 0.3) is 55.5 Å². The lowest BCUT2D eigenvalue weighted by Crippen LogP contribution is -2.54. The van der Waals surface area contributed by atoms with Crippen LogP contribution in [0.4, 0.5) is 0 Å². The van der Waals surface area contributed by atoms with Crippen LogP contribution in [0, 0.1) is 30.6 Å². The zero-order chi connectivity index (χ0) is 43.0.